The molecule has 0 aromatic carbocycles. The van der Waals surface area contributed by atoms with Crippen LogP contribution in [0.5, 0.6) is 0 Å². The van der Waals surface area contributed by atoms with E-state index in [1.807, 2.05) is 0 Å². The number of nitrogens with one attached hydrogen (secondary N) is 1. The molecule has 1 spiro atoms. The van der Waals surface area contributed by atoms with Crippen LogP contribution >= 0.6 is 0 Å². The highest BCUT2D eigenvalue weighted by atomic mass is 16.4. The molecule has 2 saturated carbocycles. The molecule has 3 rings (SSSR count). The lowest BCUT2D eigenvalue weighted by Gasteiger charge is -2.08. The van der Waals surface area contributed by atoms with Crippen molar-refractivity contribution in [3.8, 4) is 0 Å². The summed E-state index contributed by atoms with van der Waals surface area (Å²) in [5.41, 5.74) is 0.447. The minimum Gasteiger partial charge on any atom is -0.478 e. The van der Waals surface area contributed by atoms with Crippen LogP contribution in [0.15, 0.2) is 10.5 Å². The first-order chi connectivity index (χ1) is 9.52. The second-order valence-electron chi connectivity index (χ2n) is 6.03. The molecule has 1 unspecified atom stereocenters. The Morgan fingerprint density at radius 2 is 2.15 bits per heavy atom. The maximum Gasteiger partial charge on any atom is 0.339 e. The fraction of sp³-hybridized carbons (Fsp3) is 0.600. The first-order valence-electron chi connectivity index (χ1n) is 7.12. The van der Waals surface area contributed by atoms with Crippen LogP contribution < -0.4 is 5.32 Å². The number of furan rings is 1. The number of hydrogen-bond acceptors (Lipinski definition) is 3. The van der Waals surface area contributed by atoms with Crippen LogP contribution in [-0.2, 0) is 11.3 Å². The number of aryl methyl sites for hydroxylation is 1. The zero-order chi connectivity index (χ0) is 14.3. The minimum atomic E-state index is -1.00. The van der Waals surface area contributed by atoms with Gasteiger partial charge in [-0.05, 0) is 37.7 Å². The Morgan fingerprint density at radius 3 is 2.75 bits per heavy atom. The van der Waals surface area contributed by atoms with Crippen LogP contribution in [0.25, 0.3) is 0 Å². The van der Waals surface area contributed by atoms with E-state index in [0.29, 0.717) is 11.5 Å². The number of rotatable bonds is 4. The highest BCUT2D eigenvalue weighted by Crippen LogP contribution is 2.62. The smallest absolute Gasteiger partial charge is 0.339 e. The normalized spacial score (nSPS) is 22.9. The Hall–Kier alpha value is -1.78. The standard InChI is InChI=1S/C15H19NO4/c1-9-11(14(18)19)6-10(20-9)8-16-13(17)12-7-15(12)4-2-3-5-15/h6,12H,2-5,7-8H2,1H3,(H,16,17)(H,18,19). The molecule has 108 valence electrons. The second kappa shape index (κ2) is 4.65. The zero-order valence-corrected chi connectivity index (χ0v) is 11.6. The molecule has 0 bridgehead atoms. The van der Waals surface area contributed by atoms with E-state index in [1.165, 1.54) is 31.7 Å². The molecule has 0 radical (unpaired) electrons. The van der Waals surface area contributed by atoms with Gasteiger partial charge in [0.05, 0.1) is 6.54 Å². The van der Waals surface area contributed by atoms with Crippen LogP contribution in [0, 0.1) is 18.3 Å². The van der Waals surface area contributed by atoms with Crippen LogP contribution in [0.2, 0.25) is 0 Å². The van der Waals surface area contributed by atoms with Gasteiger partial charge in [-0.25, -0.2) is 4.79 Å². The van der Waals surface area contributed by atoms with Gasteiger partial charge in [-0.15, -0.1) is 0 Å². The highest BCUT2D eigenvalue weighted by molar-refractivity contribution is 5.88. The molecule has 5 heteroatoms. The molecule has 2 aliphatic rings. The third kappa shape index (κ3) is 2.21. The Balaban J connectivity index is 1.56. The number of carboxylic acids is 1. The zero-order valence-electron chi connectivity index (χ0n) is 11.6. The quantitative estimate of drug-likeness (QED) is 0.886. The van der Waals surface area contributed by atoms with Gasteiger partial charge in [0.1, 0.15) is 17.1 Å². The van der Waals surface area contributed by atoms with Crippen molar-refractivity contribution in [2.45, 2.75) is 45.6 Å². The van der Waals surface area contributed by atoms with Crippen molar-refractivity contribution in [2.75, 3.05) is 0 Å². The summed E-state index contributed by atoms with van der Waals surface area (Å²) in [6, 6.07) is 1.48. The maximum absolute atomic E-state index is 12.1. The van der Waals surface area contributed by atoms with Gasteiger partial charge in [0.25, 0.3) is 0 Å². The topological polar surface area (TPSA) is 79.5 Å². The summed E-state index contributed by atoms with van der Waals surface area (Å²) in [5, 5.41) is 11.8. The minimum absolute atomic E-state index is 0.0813. The van der Waals surface area contributed by atoms with E-state index in [0.717, 1.165) is 6.42 Å². The average molecular weight is 277 g/mol. The van der Waals surface area contributed by atoms with E-state index in [4.69, 9.17) is 9.52 Å². The monoisotopic (exact) mass is 277 g/mol. The number of carbonyl (C=O) groups is 2. The van der Waals surface area contributed by atoms with Crippen LogP contribution in [0.4, 0.5) is 0 Å². The number of hydrogen-bond donors (Lipinski definition) is 2. The molecule has 1 aromatic heterocycles. The SMILES string of the molecule is Cc1oc(CNC(=O)C2CC23CCCC3)cc1C(=O)O. The summed E-state index contributed by atoms with van der Waals surface area (Å²) in [6.07, 6.45) is 5.84. The van der Waals surface area contributed by atoms with E-state index >= 15 is 0 Å². The van der Waals surface area contributed by atoms with Crippen LogP contribution in [0.1, 0.15) is 54.0 Å². The van der Waals surface area contributed by atoms with Gasteiger partial charge in [-0.3, -0.25) is 4.79 Å². The lowest BCUT2D eigenvalue weighted by molar-refractivity contribution is -0.123. The Bertz CT molecular complexity index is 554. The van der Waals surface area contributed by atoms with Gasteiger partial charge in [0.2, 0.25) is 5.91 Å². The van der Waals surface area contributed by atoms with Gasteiger partial charge >= 0.3 is 5.97 Å². The van der Waals surface area contributed by atoms with Crippen molar-refractivity contribution in [1.29, 1.82) is 0 Å². The van der Waals surface area contributed by atoms with Crippen molar-refractivity contribution in [1.82, 2.24) is 5.32 Å². The molecule has 1 atom stereocenters. The molecular formula is C15H19NO4. The third-order valence-corrected chi connectivity index (χ3v) is 4.74. The molecule has 2 fully saturated rings. The number of amides is 1. The molecule has 2 N–H and O–H groups in total. The fourth-order valence-corrected chi connectivity index (χ4v) is 3.49. The van der Waals surface area contributed by atoms with E-state index in [9.17, 15) is 9.59 Å². The first kappa shape index (κ1) is 13.2. The predicted molar refractivity (Wildman–Crippen MR) is 71.3 cm³/mol. The van der Waals surface area contributed by atoms with Gasteiger partial charge in [0.15, 0.2) is 0 Å². The van der Waals surface area contributed by atoms with Gasteiger partial charge in [-0.2, -0.15) is 0 Å². The third-order valence-electron chi connectivity index (χ3n) is 4.74. The van der Waals surface area contributed by atoms with E-state index in [2.05, 4.69) is 5.32 Å². The number of carboxylic acid groups (broad SMARTS) is 1. The largest absolute Gasteiger partial charge is 0.478 e. The average Bonchev–Trinajstić information content (AvgIpc) is 2.71. The molecule has 20 heavy (non-hydrogen) atoms. The van der Waals surface area contributed by atoms with Crippen molar-refractivity contribution in [3.05, 3.63) is 23.2 Å². The van der Waals surface area contributed by atoms with E-state index in [-0.39, 0.29) is 29.3 Å². The Labute approximate surface area is 117 Å². The summed E-state index contributed by atoms with van der Waals surface area (Å²) >= 11 is 0. The summed E-state index contributed by atoms with van der Waals surface area (Å²) in [5.74, 6) is 0.101. The summed E-state index contributed by atoms with van der Waals surface area (Å²) in [6.45, 7) is 1.88. The van der Waals surface area contributed by atoms with Crippen LogP contribution in [0.3, 0.4) is 0 Å². The molecule has 0 aliphatic heterocycles. The van der Waals surface area contributed by atoms with Gasteiger partial charge in [0, 0.05) is 5.92 Å². The Kier molecular flexibility index (Phi) is 3.07. The predicted octanol–water partition coefficient (Wildman–Crippen LogP) is 2.48. The molecule has 1 heterocycles. The van der Waals surface area contributed by atoms with Crippen molar-refractivity contribution in [3.63, 3.8) is 0 Å². The molecule has 0 saturated heterocycles. The molecular weight excluding hydrogens is 258 g/mol. The van der Waals surface area contributed by atoms with Crippen molar-refractivity contribution >= 4 is 11.9 Å². The highest BCUT2D eigenvalue weighted by Gasteiger charge is 2.58. The summed E-state index contributed by atoms with van der Waals surface area (Å²) in [7, 11) is 0. The van der Waals surface area contributed by atoms with Crippen molar-refractivity contribution in [2.24, 2.45) is 11.3 Å². The number of carbonyl (C=O) groups excluding carboxylic acids is 1. The molecule has 1 aromatic rings. The summed E-state index contributed by atoms with van der Waals surface area (Å²) < 4.78 is 5.35. The van der Waals surface area contributed by atoms with E-state index < -0.39 is 5.97 Å². The molecule has 2 aliphatic carbocycles. The lowest BCUT2D eigenvalue weighted by atomic mass is 10.0. The summed E-state index contributed by atoms with van der Waals surface area (Å²) in [4.78, 5) is 23.0. The lowest BCUT2D eigenvalue weighted by Crippen LogP contribution is -2.26. The molecule has 5 nitrogen and oxygen atoms in total. The van der Waals surface area contributed by atoms with E-state index in [1.54, 1.807) is 6.92 Å². The second-order valence-corrected chi connectivity index (χ2v) is 6.03. The maximum atomic E-state index is 12.1. The Morgan fingerprint density at radius 1 is 1.45 bits per heavy atom. The van der Waals surface area contributed by atoms with Crippen molar-refractivity contribution < 1.29 is 19.1 Å². The van der Waals surface area contributed by atoms with Crippen LogP contribution in [-0.4, -0.2) is 17.0 Å². The first-order valence-corrected chi connectivity index (χ1v) is 7.12. The van der Waals surface area contributed by atoms with Gasteiger partial charge < -0.3 is 14.8 Å². The number of aromatic carboxylic acids is 1. The fourth-order valence-electron chi connectivity index (χ4n) is 3.49. The van der Waals surface area contributed by atoms with Gasteiger partial charge in [-0.1, -0.05) is 12.8 Å². The molecule has 1 amide bonds.